The van der Waals surface area contributed by atoms with Crippen molar-refractivity contribution in [2.24, 2.45) is 0 Å². The van der Waals surface area contributed by atoms with Crippen LogP contribution in [0.1, 0.15) is 24.8 Å². The summed E-state index contributed by atoms with van der Waals surface area (Å²) in [5.74, 6) is 0. The van der Waals surface area contributed by atoms with Crippen LogP contribution in [0.3, 0.4) is 0 Å². The molecule has 16 heavy (non-hydrogen) atoms. The Kier molecular flexibility index (Phi) is 5.92. The van der Waals surface area contributed by atoms with Crippen molar-refractivity contribution >= 4 is 11.6 Å². The second-order valence-electron chi connectivity index (χ2n) is 3.98. The molecule has 0 unspecified atom stereocenters. The van der Waals surface area contributed by atoms with E-state index in [9.17, 15) is 0 Å². The largest absolute Gasteiger partial charge is 0.302 e. The first-order valence-corrected chi connectivity index (χ1v) is 5.90. The highest BCUT2D eigenvalue weighted by Crippen LogP contribution is 2.11. The summed E-state index contributed by atoms with van der Waals surface area (Å²) >= 11 is 5.82. The standard InChI is InChI=1S/C13H17ClN2/c1-16(10-4-2-3-9-15)11-12-5-7-13(14)8-6-12/h5-8H,2-4,10-11H2,1H3. The van der Waals surface area contributed by atoms with Gasteiger partial charge in [-0.15, -0.1) is 0 Å². The number of benzene rings is 1. The number of hydrogen-bond acceptors (Lipinski definition) is 2. The molecule has 1 rings (SSSR count). The maximum atomic E-state index is 8.42. The van der Waals surface area contributed by atoms with Crippen molar-refractivity contribution in [3.63, 3.8) is 0 Å². The average molecular weight is 237 g/mol. The Labute approximate surface area is 102 Å². The molecule has 0 N–H and O–H groups in total. The molecule has 0 aliphatic rings. The molecule has 0 aliphatic carbocycles. The van der Waals surface area contributed by atoms with Gasteiger partial charge in [0.05, 0.1) is 6.07 Å². The van der Waals surface area contributed by atoms with E-state index >= 15 is 0 Å². The Morgan fingerprint density at radius 1 is 1.25 bits per heavy atom. The lowest BCUT2D eigenvalue weighted by Crippen LogP contribution is -2.18. The van der Waals surface area contributed by atoms with E-state index in [1.165, 1.54) is 5.56 Å². The summed E-state index contributed by atoms with van der Waals surface area (Å²) in [5, 5.41) is 9.19. The molecule has 0 spiro atoms. The van der Waals surface area contributed by atoms with E-state index in [1.807, 2.05) is 24.3 Å². The van der Waals surface area contributed by atoms with E-state index in [4.69, 9.17) is 16.9 Å². The molecule has 0 bridgehead atoms. The van der Waals surface area contributed by atoms with Crippen LogP contribution in [-0.4, -0.2) is 18.5 Å². The van der Waals surface area contributed by atoms with E-state index in [1.54, 1.807) is 0 Å². The van der Waals surface area contributed by atoms with Gasteiger partial charge in [0.15, 0.2) is 0 Å². The van der Waals surface area contributed by atoms with Crippen molar-refractivity contribution < 1.29 is 0 Å². The normalized spacial score (nSPS) is 10.4. The zero-order valence-corrected chi connectivity index (χ0v) is 10.4. The molecular weight excluding hydrogens is 220 g/mol. The molecule has 3 heteroatoms. The van der Waals surface area contributed by atoms with Crippen LogP contribution in [0.2, 0.25) is 5.02 Å². The fraction of sp³-hybridized carbons (Fsp3) is 0.462. The summed E-state index contributed by atoms with van der Waals surface area (Å²) in [4.78, 5) is 2.26. The van der Waals surface area contributed by atoms with Gasteiger partial charge < -0.3 is 4.90 Å². The van der Waals surface area contributed by atoms with Crippen LogP contribution in [0.4, 0.5) is 0 Å². The molecule has 0 saturated carbocycles. The SMILES string of the molecule is CN(CCCCC#N)Cc1ccc(Cl)cc1. The Morgan fingerprint density at radius 3 is 2.56 bits per heavy atom. The van der Waals surface area contributed by atoms with Crippen LogP contribution in [0, 0.1) is 11.3 Å². The van der Waals surface area contributed by atoms with E-state index in [-0.39, 0.29) is 0 Å². The number of unbranched alkanes of at least 4 members (excludes halogenated alkanes) is 2. The highest BCUT2D eigenvalue weighted by atomic mass is 35.5. The van der Waals surface area contributed by atoms with E-state index < -0.39 is 0 Å². The molecular formula is C13H17ClN2. The molecule has 0 radical (unpaired) electrons. The minimum atomic E-state index is 0.661. The van der Waals surface area contributed by atoms with Crippen molar-refractivity contribution in [1.29, 1.82) is 5.26 Å². The predicted molar refractivity (Wildman–Crippen MR) is 67.3 cm³/mol. The van der Waals surface area contributed by atoms with Crippen LogP contribution in [0.5, 0.6) is 0 Å². The highest BCUT2D eigenvalue weighted by Gasteiger charge is 2.00. The minimum Gasteiger partial charge on any atom is -0.302 e. The van der Waals surface area contributed by atoms with Gasteiger partial charge in [0.2, 0.25) is 0 Å². The van der Waals surface area contributed by atoms with Gasteiger partial charge in [-0.05, 0) is 44.1 Å². The summed E-state index contributed by atoms with van der Waals surface area (Å²) in [6.45, 7) is 1.97. The molecule has 86 valence electrons. The topological polar surface area (TPSA) is 27.0 Å². The minimum absolute atomic E-state index is 0.661. The summed E-state index contributed by atoms with van der Waals surface area (Å²) in [6.07, 6.45) is 2.73. The van der Waals surface area contributed by atoms with Gasteiger partial charge in [0, 0.05) is 18.0 Å². The third-order valence-electron chi connectivity index (χ3n) is 2.44. The van der Waals surface area contributed by atoms with Gasteiger partial charge >= 0.3 is 0 Å². The number of rotatable bonds is 6. The number of nitriles is 1. The van der Waals surface area contributed by atoms with E-state index in [0.29, 0.717) is 6.42 Å². The lowest BCUT2D eigenvalue weighted by molar-refractivity contribution is 0.319. The molecule has 0 aromatic heterocycles. The van der Waals surface area contributed by atoms with Crippen LogP contribution in [-0.2, 0) is 6.54 Å². The fourth-order valence-corrected chi connectivity index (χ4v) is 1.69. The lowest BCUT2D eigenvalue weighted by Gasteiger charge is -2.16. The number of hydrogen-bond donors (Lipinski definition) is 0. The van der Waals surface area contributed by atoms with Crippen LogP contribution in [0.25, 0.3) is 0 Å². The summed E-state index contributed by atoms with van der Waals surface area (Å²) in [5.41, 5.74) is 1.27. The first-order chi connectivity index (χ1) is 7.72. The van der Waals surface area contributed by atoms with Crippen LogP contribution < -0.4 is 0 Å². The lowest BCUT2D eigenvalue weighted by atomic mass is 10.2. The van der Waals surface area contributed by atoms with Gasteiger partial charge in [-0.25, -0.2) is 0 Å². The first kappa shape index (κ1) is 13.0. The van der Waals surface area contributed by atoms with Crippen molar-refractivity contribution in [2.75, 3.05) is 13.6 Å². The van der Waals surface area contributed by atoms with Gasteiger partial charge in [-0.1, -0.05) is 23.7 Å². The Hall–Kier alpha value is -1.04. The molecule has 0 atom stereocenters. The van der Waals surface area contributed by atoms with Crippen molar-refractivity contribution in [3.05, 3.63) is 34.9 Å². The third-order valence-corrected chi connectivity index (χ3v) is 2.70. The van der Waals surface area contributed by atoms with Crippen LogP contribution in [0.15, 0.2) is 24.3 Å². The first-order valence-electron chi connectivity index (χ1n) is 5.52. The molecule has 0 saturated heterocycles. The molecule has 1 aromatic rings. The Morgan fingerprint density at radius 2 is 1.94 bits per heavy atom. The smallest absolute Gasteiger partial charge is 0.0621 e. The van der Waals surface area contributed by atoms with Crippen LogP contribution >= 0.6 is 11.6 Å². The average Bonchev–Trinajstić information content (AvgIpc) is 2.28. The number of halogens is 1. The maximum absolute atomic E-state index is 8.42. The quantitative estimate of drug-likeness (QED) is 0.708. The van der Waals surface area contributed by atoms with Crippen molar-refractivity contribution in [3.8, 4) is 6.07 Å². The van der Waals surface area contributed by atoms with Gasteiger partial charge in [-0.3, -0.25) is 0 Å². The third kappa shape index (κ3) is 5.16. The monoisotopic (exact) mass is 236 g/mol. The van der Waals surface area contributed by atoms with Gasteiger partial charge in [0.1, 0.15) is 0 Å². The van der Waals surface area contributed by atoms with E-state index in [2.05, 4.69) is 18.0 Å². The second kappa shape index (κ2) is 7.27. The molecule has 0 aliphatic heterocycles. The maximum Gasteiger partial charge on any atom is 0.0621 e. The fourth-order valence-electron chi connectivity index (χ4n) is 1.57. The van der Waals surface area contributed by atoms with Gasteiger partial charge in [0.25, 0.3) is 0 Å². The molecule has 1 aromatic carbocycles. The second-order valence-corrected chi connectivity index (χ2v) is 4.42. The molecule has 2 nitrogen and oxygen atoms in total. The Balaban J connectivity index is 2.26. The van der Waals surface area contributed by atoms with Crippen molar-refractivity contribution in [1.82, 2.24) is 4.90 Å². The van der Waals surface area contributed by atoms with Crippen molar-refractivity contribution in [2.45, 2.75) is 25.8 Å². The molecule has 0 fully saturated rings. The number of nitrogens with zero attached hydrogens (tertiary/aromatic N) is 2. The summed E-state index contributed by atoms with van der Waals surface area (Å²) in [6, 6.07) is 10.1. The molecule has 0 amide bonds. The zero-order chi connectivity index (χ0) is 11.8. The summed E-state index contributed by atoms with van der Waals surface area (Å²) in [7, 11) is 2.10. The zero-order valence-electron chi connectivity index (χ0n) is 9.62. The Bertz CT molecular complexity index is 340. The van der Waals surface area contributed by atoms with Gasteiger partial charge in [-0.2, -0.15) is 5.26 Å². The predicted octanol–water partition coefficient (Wildman–Crippen LogP) is 3.47. The highest BCUT2D eigenvalue weighted by molar-refractivity contribution is 6.30. The molecule has 0 heterocycles. The summed E-state index contributed by atoms with van der Waals surface area (Å²) < 4.78 is 0. The van der Waals surface area contributed by atoms with E-state index in [0.717, 1.165) is 31.0 Å².